The summed E-state index contributed by atoms with van der Waals surface area (Å²) >= 11 is 0. The molecule has 2 aliphatic heterocycles. The van der Waals surface area contributed by atoms with E-state index in [1.807, 2.05) is 13.8 Å². The van der Waals surface area contributed by atoms with Crippen molar-refractivity contribution in [3.8, 4) is 6.07 Å². The average Bonchev–Trinajstić information content (AvgIpc) is 2.90. The highest BCUT2D eigenvalue weighted by Gasteiger charge is 2.32. The Morgan fingerprint density at radius 3 is 2.19 bits per heavy atom. The summed E-state index contributed by atoms with van der Waals surface area (Å²) < 4.78 is 0. The fourth-order valence-corrected chi connectivity index (χ4v) is 3.72. The lowest BCUT2D eigenvalue weighted by Gasteiger charge is -2.34. The monoisotopic (exact) mass is 362 g/mol. The molecule has 6 nitrogen and oxygen atoms in total. The predicted octanol–water partition coefficient (Wildman–Crippen LogP) is 2.16. The number of rotatable bonds is 5. The van der Waals surface area contributed by atoms with Crippen LogP contribution in [0, 0.1) is 23.2 Å². The molecule has 0 spiro atoms. The molecule has 1 N–H and O–H groups in total. The van der Waals surface area contributed by atoms with Crippen LogP contribution in [0.1, 0.15) is 59.3 Å². The topological polar surface area (TPSA) is 76.4 Å². The largest absolute Gasteiger partial charge is 0.342 e. The second-order valence-corrected chi connectivity index (χ2v) is 8.31. The zero-order chi connectivity index (χ0) is 19.2. The van der Waals surface area contributed by atoms with E-state index in [9.17, 15) is 14.9 Å². The Kier molecular flexibility index (Phi) is 7.45. The van der Waals surface area contributed by atoms with E-state index in [1.165, 1.54) is 12.8 Å². The summed E-state index contributed by atoms with van der Waals surface area (Å²) in [5, 5.41) is 12.2. The summed E-state index contributed by atoms with van der Waals surface area (Å²) in [6.07, 6.45) is 6.35. The van der Waals surface area contributed by atoms with E-state index in [-0.39, 0.29) is 17.7 Å². The van der Waals surface area contributed by atoms with Gasteiger partial charge in [0.05, 0.1) is 12.6 Å². The second kappa shape index (κ2) is 9.36. The summed E-state index contributed by atoms with van der Waals surface area (Å²) in [5.41, 5.74) is -0.835. The van der Waals surface area contributed by atoms with Crippen molar-refractivity contribution in [2.24, 2.45) is 11.8 Å². The zero-order valence-corrected chi connectivity index (χ0v) is 16.6. The lowest BCUT2D eigenvalue weighted by molar-refractivity contribution is -0.137. The number of amides is 2. The number of hydrogen-bond donors (Lipinski definition) is 1. The molecule has 1 unspecified atom stereocenters. The molecule has 1 atom stereocenters. The molecule has 2 heterocycles. The summed E-state index contributed by atoms with van der Waals surface area (Å²) in [7, 11) is 0. The van der Waals surface area contributed by atoms with Crippen LogP contribution in [-0.4, -0.2) is 59.9 Å². The maximum Gasteiger partial charge on any atom is 0.235 e. The molecule has 2 amide bonds. The maximum absolute atomic E-state index is 12.7. The van der Waals surface area contributed by atoms with Gasteiger partial charge in [0.15, 0.2) is 0 Å². The molecule has 0 aromatic carbocycles. The van der Waals surface area contributed by atoms with Crippen molar-refractivity contribution in [2.75, 3.05) is 32.7 Å². The number of carbonyl (C=O) groups excluding carboxylic acids is 2. The van der Waals surface area contributed by atoms with Crippen molar-refractivity contribution in [1.29, 1.82) is 5.26 Å². The van der Waals surface area contributed by atoms with Crippen molar-refractivity contribution in [2.45, 2.75) is 64.8 Å². The Balaban J connectivity index is 1.78. The number of hydrogen-bond acceptors (Lipinski definition) is 4. The molecule has 2 fully saturated rings. The molecule has 0 aromatic heterocycles. The van der Waals surface area contributed by atoms with Crippen molar-refractivity contribution < 1.29 is 9.59 Å². The molecule has 146 valence electrons. The smallest absolute Gasteiger partial charge is 0.235 e. The van der Waals surface area contributed by atoms with Gasteiger partial charge in [-0.25, -0.2) is 0 Å². The van der Waals surface area contributed by atoms with E-state index >= 15 is 0 Å². The molecule has 2 rings (SSSR count). The fraction of sp³-hybridized carbons (Fsp3) is 0.850. The Morgan fingerprint density at radius 2 is 1.69 bits per heavy atom. The molecular weight excluding hydrogens is 328 g/mol. The van der Waals surface area contributed by atoms with E-state index in [1.54, 1.807) is 6.92 Å². The number of nitriles is 1. The third kappa shape index (κ3) is 5.44. The Labute approximate surface area is 157 Å². The van der Waals surface area contributed by atoms with Gasteiger partial charge in [0.2, 0.25) is 11.8 Å². The van der Waals surface area contributed by atoms with Crippen LogP contribution in [0.25, 0.3) is 0 Å². The predicted molar refractivity (Wildman–Crippen MR) is 101 cm³/mol. The molecule has 6 heteroatoms. The van der Waals surface area contributed by atoms with Crippen LogP contribution in [0.3, 0.4) is 0 Å². The molecule has 0 aromatic rings. The van der Waals surface area contributed by atoms with Crippen LogP contribution in [0.5, 0.6) is 0 Å². The first-order valence-electron chi connectivity index (χ1n) is 10.1. The average molecular weight is 363 g/mol. The SMILES string of the molecule is CC(C)C(C)(C#N)NC(=O)CN1CCC(C(=O)N2CCCCCC2)CC1. The van der Waals surface area contributed by atoms with E-state index in [0.29, 0.717) is 12.5 Å². The van der Waals surface area contributed by atoms with Crippen LogP contribution < -0.4 is 5.32 Å². The number of piperidine rings is 1. The summed E-state index contributed by atoms with van der Waals surface area (Å²) in [6, 6.07) is 2.21. The van der Waals surface area contributed by atoms with Crippen molar-refractivity contribution >= 4 is 11.8 Å². The van der Waals surface area contributed by atoms with E-state index < -0.39 is 5.54 Å². The molecule has 0 saturated carbocycles. The molecule has 0 aliphatic carbocycles. The van der Waals surface area contributed by atoms with Crippen LogP contribution >= 0.6 is 0 Å². The van der Waals surface area contributed by atoms with Gasteiger partial charge in [0, 0.05) is 19.0 Å². The number of nitrogens with zero attached hydrogens (tertiary/aromatic N) is 3. The van der Waals surface area contributed by atoms with Gasteiger partial charge in [-0.2, -0.15) is 5.26 Å². The highest BCUT2D eigenvalue weighted by Crippen LogP contribution is 2.22. The van der Waals surface area contributed by atoms with E-state index in [0.717, 1.165) is 51.9 Å². The molecule has 26 heavy (non-hydrogen) atoms. The molecule has 2 aliphatic rings. The second-order valence-electron chi connectivity index (χ2n) is 8.31. The summed E-state index contributed by atoms with van der Waals surface area (Å²) in [4.78, 5) is 29.2. The first-order chi connectivity index (χ1) is 12.4. The van der Waals surface area contributed by atoms with E-state index in [2.05, 4.69) is 21.2 Å². The van der Waals surface area contributed by atoms with Gasteiger partial charge in [-0.1, -0.05) is 26.7 Å². The van der Waals surface area contributed by atoms with Gasteiger partial charge < -0.3 is 10.2 Å². The summed E-state index contributed by atoms with van der Waals surface area (Å²) in [5.74, 6) is 0.355. The molecule has 0 bridgehead atoms. The third-order valence-corrected chi connectivity index (χ3v) is 6.01. The Bertz CT molecular complexity index is 526. The van der Waals surface area contributed by atoms with Crippen molar-refractivity contribution in [3.05, 3.63) is 0 Å². The lowest BCUT2D eigenvalue weighted by Crippen LogP contribution is -2.53. The van der Waals surface area contributed by atoms with Crippen molar-refractivity contribution in [1.82, 2.24) is 15.1 Å². The normalized spacial score (nSPS) is 22.3. The van der Waals surface area contributed by atoms with Crippen LogP contribution in [-0.2, 0) is 9.59 Å². The quantitative estimate of drug-likeness (QED) is 0.813. The summed E-state index contributed by atoms with van der Waals surface area (Å²) in [6.45, 7) is 9.28. The van der Waals surface area contributed by atoms with Gasteiger partial charge in [-0.15, -0.1) is 0 Å². The number of nitrogens with one attached hydrogen (secondary N) is 1. The number of likely N-dealkylation sites (tertiary alicyclic amines) is 2. The fourth-order valence-electron chi connectivity index (χ4n) is 3.72. The van der Waals surface area contributed by atoms with Gasteiger partial charge in [-0.05, 0) is 51.6 Å². The van der Waals surface area contributed by atoms with Gasteiger partial charge in [-0.3, -0.25) is 14.5 Å². The first kappa shape index (κ1) is 20.7. The van der Waals surface area contributed by atoms with Gasteiger partial charge in [0.25, 0.3) is 0 Å². The standard InChI is InChI=1S/C20H34N4O2/c1-16(2)20(3,15-21)22-18(25)14-23-12-8-17(9-13-23)19(26)24-10-6-4-5-7-11-24/h16-17H,4-14H2,1-3H3,(H,22,25). The molecule has 0 radical (unpaired) electrons. The van der Waals surface area contributed by atoms with Gasteiger partial charge >= 0.3 is 0 Å². The minimum absolute atomic E-state index is 0.0495. The molecular formula is C20H34N4O2. The minimum Gasteiger partial charge on any atom is -0.342 e. The van der Waals surface area contributed by atoms with Gasteiger partial charge in [0.1, 0.15) is 5.54 Å². The molecule has 2 saturated heterocycles. The highest BCUT2D eigenvalue weighted by atomic mass is 16.2. The number of carbonyl (C=O) groups is 2. The van der Waals surface area contributed by atoms with Crippen molar-refractivity contribution in [3.63, 3.8) is 0 Å². The van der Waals surface area contributed by atoms with Crippen LogP contribution in [0.4, 0.5) is 0 Å². The first-order valence-corrected chi connectivity index (χ1v) is 10.1. The Hall–Kier alpha value is -1.61. The Morgan fingerprint density at radius 1 is 1.12 bits per heavy atom. The highest BCUT2D eigenvalue weighted by molar-refractivity contribution is 5.80. The maximum atomic E-state index is 12.7. The third-order valence-electron chi connectivity index (χ3n) is 6.01. The van der Waals surface area contributed by atoms with Crippen LogP contribution in [0.2, 0.25) is 0 Å². The zero-order valence-electron chi connectivity index (χ0n) is 16.6. The minimum atomic E-state index is -0.835. The van der Waals surface area contributed by atoms with E-state index in [4.69, 9.17) is 0 Å². The van der Waals surface area contributed by atoms with Crippen LogP contribution in [0.15, 0.2) is 0 Å². The lowest BCUT2D eigenvalue weighted by atomic mass is 9.90.